The van der Waals surface area contributed by atoms with Crippen molar-refractivity contribution in [3.05, 3.63) is 0 Å². The number of likely N-dealkylation sites (N-methyl/N-ethyl adjacent to an activating group) is 1. The Bertz CT molecular complexity index is 342. The van der Waals surface area contributed by atoms with Crippen molar-refractivity contribution >= 4 is 17.9 Å². The van der Waals surface area contributed by atoms with Gasteiger partial charge in [-0.3, -0.25) is 4.79 Å². The molecule has 0 heterocycles. The van der Waals surface area contributed by atoms with E-state index in [9.17, 15) is 14.4 Å². The van der Waals surface area contributed by atoms with Gasteiger partial charge < -0.3 is 26.2 Å². The Kier molecular flexibility index (Phi) is 5.57. The van der Waals surface area contributed by atoms with E-state index in [-0.39, 0.29) is 6.61 Å². The van der Waals surface area contributed by atoms with Crippen molar-refractivity contribution in [1.29, 1.82) is 0 Å². The maximum absolute atomic E-state index is 11.7. The van der Waals surface area contributed by atoms with E-state index in [0.717, 1.165) is 4.90 Å². The molecule has 0 radical (unpaired) electrons. The smallest absolute Gasteiger partial charge is 0.326 e. The van der Waals surface area contributed by atoms with Gasteiger partial charge in [0.1, 0.15) is 6.04 Å². The Labute approximate surface area is 105 Å². The minimum absolute atomic E-state index is 0.287. The Morgan fingerprint density at radius 1 is 1.39 bits per heavy atom. The van der Waals surface area contributed by atoms with Crippen LogP contribution < -0.4 is 11.1 Å². The summed E-state index contributed by atoms with van der Waals surface area (Å²) >= 11 is 0. The van der Waals surface area contributed by atoms with Gasteiger partial charge in [0, 0.05) is 7.05 Å². The van der Waals surface area contributed by atoms with E-state index in [1.807, 2.05) is 0 Å². The Balaban J connectivity index is 4.70. The Hall–Kier alpha value is -1.83. The zero-order valence-electron chi connectivity index (χ0n) is 10.6. The molecular weight excluding hydrogens is 242 g/mol. The maximum Gasteiger partial charge on any atom is 0.326 e. The van der Waals surface area contributed by atoms with Crippen molar-refractivity contribution in [2.45, 2.75) is 31.8 Å². The van der Waals surface area contributed by atoms with Crippen LogP contribution in [0.2, 0.25) is 0 Å². The van der Waals surface area contributed by atoms with Crippen molar-refractivity contribution in [1.82, 2.24) is 10.2 Å². The summed E-state index contributed by atoms with van der Waals surface area (Å²) in [5.41, 5.74) is 4.04. The van der Waals surface area contributed by atoms with Gasteiger partial charge in [-0.05, 0) is 13.8 Å². The summed E-state index contributed by atoms with van der Waals surface area (Å²) in [5, 5.41) is 20.1. The standard InChI is InChI=1S/C10H19N3O5/c1-10(2,5-14)13(3)9(18)12-6(8(16)17)4-7(11)15/h6,14H,4-5H2,1-3H3,(H2,11,15)(H,12,18)(H,16,17)/t6-/m0/s1. The summed E-state index contributed by atoms with van der Waals surface area (Å²) in [5.74, 6) is -2.18. The number of hydrogen-bond acceptors (Lipinski definition) is 4. The molecule has 5 N–H and O–H groups in total. The molecule has 0 unspecified atom stereocenters. The molecule has 0 aliphatic heterocycles. The van der Waals surface area contributed by atoms with Gasteiger partial charge >= 0.3 is 12.0 Å². The number of carbonyl (C=O) groups excluding carboxylic acids is 2. The molecule has 0 saturated heterocycles. The molecule has 3 amide bonds. The number of aliphatic hydroxyl groups excluding tert-OH is 1. The number of hydrogen-bond donors (Lipinski definition) is 4. The molecule has 0 spiro atoms. The lowest BCUT2D eigenvalue weighted by atomic mass is 10.1. The fourth-order valence-corrected chi connectivity index (χ4v) is 1.03. The number of nitrogens with one attached hydrogen (secondary N) is 1. The fourth-order valence-electron chi connectivity index (χ4n) is 1.03. The van der Waals surface area contributed by atoms with Gasteiger partial charge in [0.2, 0.25) is 5.91 Å². The molecule has 8 heteroatoms. The van der Waals surface area contributed by atoms with E-state index < -0.39 is 35.9 Å². The molecule has 18 heavy (non-hydrogen) atoms. The predicted octanol–water partition coefficient (Wildman–Crippen LogP) is -1.27. The number of carboxylic acid groups (broad SMARTS) is 1. The number of nitrogens with zero attached hydrogens (tertiary/aromatic N) is 1. The third kappa shape index (κ3) is 4.58. The third-order valence-corrected chi connectivity index (χ3v) is 2.60. The van der Waals surface area contributed by atoms with Crippen molar-refractivity contribution in [2.24, 2.45) is 5.73 Å². The Morgan fingerprint density at radius 2 is 1.89 bits per heavy atom. The minimum atomic E-state index is -1.38. The SMILES string of the molecule is CN(C(=O)N[C@@H](CC(N)=O)C(=O)O)C(C)(C)CO. The number of nitrogens with two attached hydrogens (primary N) is 1. The topological polar surface area (TPSA) is 133 Å². The highest BCUT2D eigenvalue weighted by Crippen LogP contribution is 2.11. The van der Waals surface area contributed by atoms with Crippen LogP contribution in [-0.4, -0.2) is 58.3 Å². The summed E-state index contributed by atoms with van der Waals surface area (Å²) in [4.78, 5) is 34.4. The lowest BCUT2D eigenvalue weighted by molar-refractivity contribution is -0.141. The highest BCUT2D eigenvalue weighted by atomic mass is 16.4. The van der Waals surface area contributed by atoms with Gasteiger partial charge in [0.15, 0.2) is 0 Å². The van der Waals surface area contributed by atoms with Crippen LogP contribution in [0.4, 0.5) is 4.79 Å². The molecule has 0 saturated carbocycles. The summed E-state index contributed by atoms with van der Waals surface area (Å²) in [7, 11) is 1.41. The molecule has 0 aromatic rings. The molecule has 0 aliphatic carbocycles. The molecule has 1 atom stereocenters. The van der Waals surface area contributed by atoms with Crippen LogP contribution in [0.5, 0.6) is 0 Å². The number of aliphatic carboxylic acids is 1. The van der Waals surface area contributed by atoms with Crippen LogP contribution in [0.3, 0.4) is 0 Å². The number of carbonyl (C=O) groups is 3. The molecular formula is C10H19N3O5. The predicted molar refractivity (Wildman–Crippen MR) is 62.7 cm³/mol. The van der Waals surface area contributed by atoms with Gasteiger partial charge in [-0.2, -0.15) is 0 Å². The van der Waals surface area contributed by atoms with Crippen LogP contribution >= 0.6 is 0 Å². The second-order valence-electron chi connectivity index (χ2n) is 4.54. The lowest BCUT2D eigenvalue weighted by Crippen LogP contribution is -2.55. The zero-order valence-corrected chi connectivity index (χ0v) is 10.6. The zero-order chi connectivity index (χ0) is 14.5. The largest absolute Gasteiger partial charge is 0.480 e. The number of rotatable bonds is 6. The number of primary amides is 1. The molecule has 0 rings (SSSR count). The van der Waals surface area contributed by atoms with E-state index in [1.54, 1.807) is 13.8 Å². The third-order valence-electron chi connectivity index (χ3n) is 2.60. The second-order valence-corrected chi connectivity index (χ2v) is 4.54. The molecule has 104 valence electrons. The number of urea groups is 1. The summed E-state index contributed by atoms with van der Waals surface area (Å²) in [6.45, 7) is 2.93. The number of carboxylic acids is 1. The molecule has 0 bridgehead atoms. The van der Waals surface area contributed by atoms with Gasteiger partial charge in [-0.25, -0.2) is 9.59 Å². The van der Waals surface area contributed by atoms with Crippen molar-refractivity contribution in [3.63, 3.8) is 0 Å². The average molecular weight is 261 g/mol. The summed E-state index contributed by atoms with van der Waals surface area (Å²) in [6, 6.07) is -2.09. The highest BCUT2D eigenvalue weighted by Gasteiger charge is 2.30. The fraction of sp³-hybridized carbons (Fsp3) is 0.700. The van der Waals surface area contributed by atoms with Crippen LogP contribution in [0.25, 0.3) is 0 Å². The van der Waals surface area contributed by atoms with Gasteiger partial charge in [-0.15, -0.1) is 0 Å². The number of amides is 3. The lowest BCUT2D eigenvalue weighted by Gasteiger charge is -2.34. The summed E-state index contributed by atoms with van der Waals surface area (Å²) < 4.78 is 0. The van der Waals surface area contributed by atoms with Crippen molar-refractivity contribution in [3.8, 4) is 0 Å². The summed E-state index contributed by atoms with van der Waals surface area (Å²) in [6.07, 6.45) is -0.492. The Morgan fingerprint density at radius 3 is 2.22 bits per heavy atom. The van der Waals surface area contributed by atoms with Crippen molar-refractivity contribution in [2.75, 3.05) is 13.7 Å². The average Bonchev–Trinajstić information content (AvgIpc) is 2.26. The van der Waals surface area contributed by atoms with E-state index in [0.29, 0.717) is 0 Å². The maximum atomic E-state index is 11.7. The monoisotopic (exact) mass is 261 g/mol. The molecule has 0 aliphatic rings. The first-order valence-corrected chi connectivity index (χ1v) is 5.28. The molecule has 0 aromatic heterocycles. The van der Waals surface area contributed by atoms with Crippen molar-refractivity contribution < 1.29 is 24.6 Å². The van der Waals surface area contributed by atoms with E-state index in [4.69, 9.17) is 15.9 Å². The quantitative estimate of drug-likeness (QED) is 0.473. The van der Waals surface area contributed by atoms with Gasteiger partial charge in [0.05, 0.1) is 18.6 Å². The van der Waals surface area contributed by atoms with Gasteiger partial charge in [0.25, 0.3) is 0 Å². The number of aliphatic hydroxyl groups is 1. The first kappa shape index (κ1) is 16.2. The van der Waals surface area contributed by atoms with Crippen LogP contribution in [0, 0.1) is 0 Å². The van der Waals surface area contributed by atoms with E-state index in [2.05, 4.69) is 5.32 Å². The normalized spacial score (nSPS) is 12.7. The van der Waals surface area contributed by atoms with Crippen LogP contribution in [-0.2, 0) is 9.59 Å². The van der Waals surface area contributed by atoms with Crippen LogP contribution in [0.15, 0.2) is 0 Å². The molecule has 0 aromatic carbocycles. The van der Waals surface area contributed by atoms with E-state index >= 15 is 0 Å². The first-order valence-electron chi connectivity index (χ1n) is 5.28. The minimum Gasteiger partial charge on any atom is -0.480 e. The molecule has 0 fully saturated rings. The van der Waals surface area contributed by atoms with Crippen LogP contribution in [0.1, 0.15) is 20.3 Å². The first-order chi connectivity index (χ1) is 8.11. The van der Waals surface area contributed by atoms with E-state index in [1.165, 1.54) is 7.05 Å². The highest BCUT2D eigenvalue weighted by molar-refractivity contribution is 5.87. The van der Waals surface area contributed by atoms with Gasteiger partial charge in [-0.1, -0.05) is 0 Å². The molecule has 8 nitrogen and oxygen atoms in total. The second kappa shape index (κ2) is 6.20.